The van der Waals surface area contributed by atoms with E-state index in [1.807, 2.05) is 18.2 Å². The fraction of sp³-hybridized carbons (Fsp3) is 0.391. The zero-order valence-corrected chi connectivity index (χ0v) is 20.3. The van der Waals surface area contributed by atoms with Crippen LogP contribution in [0.5, 0.6) is 5.75 Å². The standard InChI is InChI=1S/C23H27IN2O7/c1-31-14-21(28)26(12-15-6-9-32-13-15)18-10-16(23(30)25-7-8-27)11-20(22(18)29)33-19-5-3-2-4-17(19)24/h2-6,9,11,13,18,20,22,27,29H,7-8,10,12,14H2,1H3,(H,25,30)/t18-,20+,22+/m1/s1. The van der Waals surface area contributed by atoms with Gasteiger partial charge < -0.3 is 34.3 Å². The minimum Gasteiger partial charge on any atom is -0.482 e. The van der Waals surface area contributed by atoms with Crippen molar-refractivity contribution in [2.24, 2.45) is 0 Å². The van der Waals surface area contributed by atoms with Crippen LogP contribution in [-0.2, 0) is 20.9 Å². The van der Waals surface area contributed by atoms with Gasteiger partial charge in [-0.25, -0.2) is 0 Å². The van der Waals surface area contributed by atoms with Crippen LogP contribution in [0.4, 0.5) is 0 Å². The Kier molecular flexibility index (Phi) is 9.30. The summed E-state index contributed by atoms with van der Waals surface area (Å²) in [6, 6.07) is 8.30. The van der Waals surface area contributed by atoms with Crippen LogP contribution in [0.3, 0.4) is 0 Å². The third-order valence-corrected chi connectivity index (χ3v) is 6.13. The average molecular weight is 570 g/mol. The van der Waals surface area contributed by atoms with Crippen molar-refractivity contribution in [2.45, 2.75) is 31.2 Å². The van der Waals surface area contributed by atoms with Crippen molar-refractivity contribution in [3.8, 4) is 5.75 Å². The average Bonchev–Trinajstić information content (AvgIpc) is 3.32. The van der Waals surface area contributed by atoms with E-state index in [1.165, 1.54) is 24.5 Å². The van der Waals surface area contributed by atoms with Crippen LogP contribution < -0.4 is 10.1 Å². The molecular weight excluding hydrogens is 543 g/mol. The largest absolute Gasteiger partial charge is 0.482 e. The molecule has 1 aliphatic carbocycles. The molecule has 9 nitrogen and oxygen atoms in total. The van der Waals surface area contributed by atoms with Crippen LogP contribution >= 0.6 is 22.6 Å². The van der Waals surface area contributed by atoms with Gasteiger partial charge in [-0.05, 0) is 46.9 Å². The van der Waals surface area contributed by atoms with Crippen molar-refractivity contribution in [1.82, 2.24) is 10.2 Å². The lowest BCUT2D eigenvalue weighted by Crippen LogP contribution is -2.55. The number of ether oxygens (including phenoxy) is 2. The van der Waals surface area contributed by atoms with Crippen LogP contribution in [0.1, 0.15) is 12.0 Å². The third-order valence-electron chi connectivity index (χ3n) is 5.24. The number of rotatable bonds is 10. The van der Waals surface area contributed by atoms with E-state index in [2.05, 4.69) is 27.9 Å². The fourth-order valence-electron chi connectivity index (χ4n) is 3.64. The molecule has 10 heteroatoms. The zero-order chi connectivity index (χ0) is 23.8. The Bertz CT molecular complexity index is 963. The summed E-state index contributed by atoms with van der Waals surface area (Å²) in [4.78, 5) is 27.2. The molecule has 3 atom stereocenters. The van der Waals surface area contributed by atoms with Crippen molar-refractivity contribution in [3.63, 3.8) is 0 Å². The number of halogens is 1. The Balaban J connectivity index is 1.94. The Morgan fingerprint density at radius 1 is 1.30 bits per heavy atom. The van der Waals surface area contributed by atoms with Gasteiger partial charge in [0.05, 0.1) is 28.7 Å². The molecule has 1 aliphatic rings. The third kappa shape index (κ3) is 6.56. The minimum atomic E-state index is -1.11. The lowest BCUT2D eigenvalue weighted by molar-refractivity contribution is -0.143. The molecule has 0 unspecified atom stereocenters. The van der Waals surface area contributed by atoms with Crippen LogP contribution in [0.15, 0.2) is 58.9 Å². The van der Waals surface area contributed by atoms with E-state index in [-0.39, 0.29) is 44.5 Å². The maximum Gasteiger partial charge on any atom is 0.249 e. The molecule has 0 fully saturated rings. The minimum absolute atomic E-state index is 0.0901. The number of furan rings is 1. The summed E-state index contributed by atoms with van der Waals surface area (Å²) in [5, 5.41) is 23.0. The monoisotopic (exact) mass is 570 g/mol. The first-order valence-corrected chi connectivity index (χ1v) is 11.5. The quantitative estimate of drug-likeness (QED) is 0.370. The second-order valence-corrected chi connectivity index (χ2v) is 8.69. The number of carbonyl (C=O) groups is 2. The van der Waals surface area contributed by atoms with E-state index in [0.717, 1.165) is 9.13 Å². The van der Waals surface area contributed by atoms with Crippen LogP contribution in [0.25, 0.3) is 0 Å². The van der Waals surface area contributed by atoms with Gasteiger partial charge in [-0.2, -0.15) is 0 Å². The Hall–Kier alpha value is -2.41. The molecule has 0 aliphatic heterocycles. The number of hydrogen-bond acceptors (Lipinski definition) is 7. The summed E-state index contributed by atoms with van der Waals surface area (Å²) in [6.07, 6.45) is 2.72. The molecular formula is C23H27IN2O7. The number of carbonyl (C=O) groups excluding carboxylic acids is 2. The molecule has 1 heterocycles. The van der Waals surface area contributed by atoms with Gasteiger partial charge in [-0.3, -0.25) is 9.59 Å². The number of nitrogens with zero attached hydrogens (tertiary/aromatic N) is 1. The number of hydrogen-bond donors (Lipinski definition) is 3. The summed E-state index contributed by atoms with van der Waals surface area (Å²) in [5.41, 5.74) is 1.10. The lowest BCUT2D eigenvalue weighted by atomic mass is 9.88. The SMILES string of the molecule is COCC(=O)N(Cc1ccoc1)[C@@H]1CC(C(=O)NCCO)=C[C@H](Oc2ccccc2I)[C@H]1O. The molecule has 0 saturated carbocycles. The molecule has 1 aromatic heterocycles. The highest BCUT2D eigenvalue weighted by atomic mass is 127. The summed E-state index contributed by atoms with van der Waals surface area (Å²) in [7, 11) is 1.42. The second kappa shape index (κ2) is 12.2. The predicted octanol–water partition coefficient (Wildman–Crippen LogP) is 1.47. The first-order valence-electron chi connectivity index (χ1n) is 10.4. The van der Waals surface area contributed by atoms with Crippen molar-refractivity contribution < 1.29 is 33.7 Å². The van der Waals surface area contributed by atoms with Gasteiger partial charge in [0.25, 0.3) is 0 Å². The highest BCUT2D eigenvalue weighted by molar-refractivity contribution is 14.1. The fourth-order valence-corrected chi connectivity index (χ4v) is 4.16. The van der Waals surface area contributed by atoms with E-state index >= 15 is 0 Å². The summed E-state index contributed by atoms with van der Waals surface area (Å²) >= 11 is 2.13. The number of methoxy groups -OCH3 is 1. The first-order chi connectivity index (χ1) is 15.9. The zero-order valence-electron chi connectivity index (χ0n) is 18.1. The topological polar surface area (TPSA) is 121 Å². The predicted molar refractivity (Wildman–Crippen MR) is 127 cm³/mol. The van der Waals surface area contributed by atoms with E-state index in [1.54, 1.807) is 18.2 Å². The summed E-state index contributed by atoms with van der Waals surface area (Å²) in [6.45, 7) is -0.126. The molecule has 33 heavy (non-hydrogen) atoms. The molecule has 0 spiro atoms. The number of amides is 2. The van der Waals surface area contributed by atoms with Gasteiger partial charge in [0.15, 0.2) is 0 Å². The van der Waals surface area contributed by atoms with E-state index in [0.29, 0.717) is 11.3 Å². The van der Waals surface area contributed by atoms with Crippen molar-refractivity contribution >= 4 is 34.4 Å². The molecule has 178 valence electrons. The number of benzene rings is 1. The van der Waals surface area contributed by atoms with Gasteiger partial charge in [0.2, 0.25) is 11.8 Å². The molecule has 1 aromatic carbocycles. The number of aliphatic hydroxyl groups excluding tert-OH is 2. The van der Waals surface area contributed by atoms with Gasteiger partial charge >= 0.3 is 0 Å². The number of para-hydroxylation sites is 1. The maximum absolute atomic E-state index is 12.9. The molecule has 2 aromatic rings. The summed E-state index contributed by atoms with van der Waals surface area (Å²) < 4.78 is 17.1. The molecule has 0 radical (unpaired) electrons. The highest BCUT2D eigenvalue weighted by Gasteiger charge is 2.40. The van der Waals surface area contributed by atoms with Gasteiger partial charge in [0.1, 0.15) is 24.6 Å². The molecule has 2 amide bonds. The maximum atomic E-state index is 12.9. The normalized spacial score (nSPS) is 20.1. The lowest BCUT2D eigenvalue weighted by Gasteiger charge is -2.40. The van der Waals surface area contributed by atoms with E-state index in [4.69, 9.17) is 19.0 Å². The van der Waals surface area contributed by atoms with Crippen LogP contribution in [0.2, 0.25) is 0 Å². The van der Waals surface area contributed by atoms with Gasteiger partial charge in [-0.1, -0.05) is 12.1 Å². The number of aliphatic hydroxyl groups is 2. The Morgan fingerprint density at radius 2 is 2.09 bits per heavy atom. The summed E-state index contributed by atoms with van der Waals surface area (Å²) in [5.74, 6) is -0.175. The number of nitrogens with one attached hydrogen (secondary N) is 1. The van der Waals surface area contributed by atoms with Gasteiger partial charge in [-0.15, -0.1) is 0 Å². The van der Waals surface area contributed by atoms with Crippen LogP contribution in [-0.4, -0.2) is 72.0 Å². The molecule has 0 saturated heterocycles. The van der Waals surface area contributed by atoms with E-state index < -0.39 is 18.2 Å². The van der Waals surface area contributed by atoms with E-state index in [9.17, 15) is 14.7 Å². The van der Waals surface area contributed by atoms with Crippen molar-refractivity contribution in [2.75, 3.05) is 26.9 Å². The van der Waals surface area contributed by atoms with Crippen molar-refractivity contribution in [3.05, 3.63) is 63.6 Å². The second-order valence-electron chi connectivity index (χ2n) is 7.53. The van der Waals surface area contributed by atoms with Crippen LogP contribution in [0, 0.1) is 3.57 Å². The Labute approximate surface area is 205 Å². The molecule has 3 N–H and O–H groups in total. The van der Waals surface area contributed by atoms with Gasteiger partial charge in [0, 0.05) is 37.8 Å². The molecule has 0 bridgehead atoms. The smallest absolute Gasteiger partial charge is 0.249 e. The first kappa shape index (κ1) is 25.2. The van der Waals surface area contributed by atoms with Crippen molar-refractivity contribution in [1.29, 1.82) is 0 Å². The molecule has 3 rings (SSSR count). The highest BCUT2D eigenvalue weighted by Crippen LogP contribution is 2.30. The Morgan fingerprint density at radius 3 is 2.76 bits per heavy atom.